The number of aromatic carboxylic acids is 1. The van der Waals surface area contributed by atoms with Crippen molar-refractivity contribution in [3.8, 4) is 0 Å². The number of sulfonamides is 1. The van der Waals surface area contributed by atoms with Crippen LogP contribution in [0, 0.1) is 0 Å². The number of nitrogens with one attached hydrogen (secondary N) is 2. The van der Waals surface area contributed by atoms with Gasteiger partial charge in [0, 0.05) is 12.3 Å². The second-order valence-corrected chi connectivity index (χ2v) is 7.38. The molecule has 13 heteroatoms. The molecule has 0 unspecified atom stereocenters. The largest absolute Gasteiger partial charge is 0.476 e. The van der Waals surface area contributed by atoms with E-state index in [9.17, 15) is 26.4 Å². The van der Waals surface area contributed by atoms with E-state index in [0.717, 1.165) is 12.3 Å². The molecule has 1 aliphatic carbocycles. The molecule has 1 aliphatic rings. The predicted octanol–water partition coefficient (Wildman–Crippen LogP) is 1.27. The number of rotatable bonds is 5. The number of carboxylic acid groups (broad SMARTS) is 1. The topological polar surface area (TPSA) is 138 Å². The van der Waals surface area contributed by atoms with Gasteiger partial charge in [-0.2, -0.15) is 23.0 Å². The summed E-state index contributed by atoms with van der Waals surface area (Å²) < 4.78 is 65.8. The van der Waals surface area contributed by atoms with Crippen LogP contribution in [0.25, 0.3) is 0 Å². The van der Waals surface area contributed by atoms with E-state index in [1.165, 1.54) is 0 Å². The number of carboxylic acids is 1. The molecule has 3 N–H and O–H groups in total. The summed E-state index contributed by atoms with van der Waals surface area (Å²) in [5.41, 5.74) is -3.08. The molecule has 0 saturated heterocycles. The molecule has 3 rings (SSSR count). The Morgan fingerprint density at radius 1 is 1.35 bits per heavy atom. The van der Waals surface area contributed by atoms with Crippen molar-refractivity contribution in [2.24, 2.45) is 0 Å². The molecule has 0 aliphatic heterocycles. The molecular formula is C13H12F3N5O4S. The van der Waals surface area contributed by atoms with Crippen molar-refractivity contribution >= 4 is 16.0 Å². The van der Waals surface area contributed by atoms with Crippen LogP contribution in [0.1, 0.15) is 41.3 Å². The fourth-order valence-electron chi connectivity index (χ4n) is 2.51. The highest BCUT2D eigenvalue weighted by molar-refractivity contribution is 7.89. The Balaban J connectivity index is 1.94. The number of nitrogens with zero attached hydrogens (tertiary/aromatic N) is 3. The van der Waals surface area contributed by atoms with Crippen molar-refractivity contribution in [2.75, 3.05) is 0 Å². The average Bonchev–Trinajstić information content (AvgIpc) is 3.01. The van der Waals surface area contributed by atoms with Crippen molar-refractivity contribution < 1.29 is 31.5 Å². The zero-order valence-electron chi connectivity index (χ0n) is 12.9. The van der Waals surface area contributed by atoms with Gasteiger partial charge < -0.3 is 5.11 Å². The molecule has 0 atom stereocenters. The van der Waals surface area contributed by atoms with Gasteiger partial charge in [-0.15, -0.1) is 0 Å². The molecule has 0 bridgehead atoms. The molecule has 0 aromatic carbocycles. The van der Waals surface area contributed by atoms with Crippen molar-refractivity contribution in [1.29, 1.82) is 0 Å². The van der Waals surface area contributed by atoms with E-state index in [0.29, 0.717) is 12.5 Å². The summed E-state index contributed by atoms with van der Waals surface area (Å²) in [5.74, 6) is -1.72. The maximum atomic E-state index is 12.9. The van der Waals surface area contributed by atoms with E-state index < -0.39 is 44.1 Å². The highest BCUT2D eigenvalue weighted by Gasteiger charge is 2.46. The Labute approximate surface area is 144 Å². The molecule has 2 aromatic rings. The molecule has 1 fully saturated rings. The molecule has 0 amide bonds. The Kier molecular flexibility index (Phi) is 4.23. The minimum Gasteiger partial charge on any atom is -0.476 e. The van der Waals surface area contributed by atoms with Gasteiger partial charge in [0.1, 0.15) is 11.5 Å². The van der Waals surface area contributed by atoms with Crippen molar-refractivity contribution in [1.82, 2.24) is 24.9 Å². The van der Waals surface area contributed by atoms with Gasteiger partial charge in [0.15, 0.2) is 10.7 Å². The molecule has 2 aromatic heterocycles. The second kappa shape index (κ2) is 6.02. The van der Waals surface area contributed by atoms with E-state index in [4.69, 9.17) is 5.11 Å². The molecule has 9 nitrogen and oxygen atoms in total. The van der Waals surface area contributed by atoms with Crippen LogP contribution in [0.4, 0.5) is 13.2 Å². The van der Waals surface area contributed by atoms with E-state index >= 15 is 0 Å². The van der Waals surface area contributed by atoms with Crippen LogP contribution in [-0.2, 0) is 21.7 Å². The minimum absolute atomic E-state index is 0.202. The van der Waals surface area contributed by atoms with Crippen LogP contribution in [0.15, 0.2) is 23.4 Å². The third-order valence-corrected chi connectivity index (χ3v) is 5.42. The second-order valence-electron chi connectivity index (χ2n) is 5.73. The first-order chi connectivity index (χ1) is 12.0. The summed E-state index contributed by atoms with van der Waals surface area (Å²) in [7, 11) is -4.28. The Hall–Kier alpha value is -2.54. The first-order valence-electron chi connectivity index (χ1n) is 7.27. The highest BCUT2D eigenvalue weighted by Crippen LogP contribution is 2.41. The number of carbonyl (C=O) groups is 1. The fraction of sp³-hybridized carbons (Fsp3) is 0.385. The predicted molar refractivity (Wildman–Crippen MR) is 78.4 cm³/mol. The number of hydrogen-bond donors (Lipinski definition) is 3. The summed E-state index contributed by atoms with van der Waals surface area (Å²) in [4.78, 5) is 18.1. The van der Waals surface area contributed by atoms with Crippen LogP contribution in [0.3, 0.4) is 0 Å². The lowest BCUT2D eigenvalue weighted by atomic mass is 9.77. The quantitative estimate of drug-likeness (QED) is 0.698. The molecule has 0 radical (unpaired) electrons. The van der Waals surface area contributed by atoms with Crippen molar-refractivity contribution in [2.45, 2.75) is 36.0 Å². The lowest BCUT2D eigenvalue weighted by Crippen LogP contribution is -2.52. The zero-order valence-corrected chi connectivity index (χ0v) is 13.7. The Morgan fingerprint density at radius 2 is 2.04 bits per heavy atom. The molecule has 26 heavy (non-hydrogen) atoms. The van der Waals surface area contributed by atoms with Gasteiger partial charge in [-0.1, -0.05) is 0 Å². The summed E-state index contributed by atoms with van der Waals surface area (Å²) in [5, 5.41) is 13.7. The molecular weight excluding hydrogens is 379 g/mol. The molecule has 140 valence electrons. The standard InChI is InChI=1S/C13H12F3N5O4S/c14-13(15,16)8-2-5-17-11(18-8)12(3-1-4-12)21-26(24,25)9-6-7(10(22)23)19-20-9/h2,5-6,21H,1,3-4H2,(H,19,20)(H,22,23). The Bertz CT molecular complexity index is 953. The summed E-state index contributed by atoms with van der Waals surface area (Å²) >= 11 is 0. The van der Waals surface area contributed by atoms with Crippen molar-refractivity contribution in [3.63, 3.8) is 0 Å². The normalized spacial score (nSPS) is 16.9. The monoisotopic (exact) mass is 391 g/mol. The van der Waals surface area contributed by atoms with Gasteiger partial charge in [-0.3, -0.25) is 5.10 Å². The third-order valence-electron chi connectivity index (χ3n) is 3.97. The number of H-pyrrole nitrogens is 1. The first-order valence-corrected chi connectivity index (χ1v) is 8.75. The van der Waals surface area contributed by atoms with Crippen LogP contribution >= 0.6 is 0 Å². The summed E-state index contributed by atoms with van der Waals surface area (Å²) in [6, 6.07) is 1.50. The van der Waals surface area contributed by atoms with Gasteiger partial charge >= 0.3 is 12.1 Å². The average molecular weight is 391 g/mol. The first kappa shape index (κ1) is 18.3. The van der Waals surface area contributed by atoms with E-state index in [1.807, 2.05) is 0 Å². The van der Waals surface area contributed by atoms with Gasteiger partial charge in [0.2, 0.25) is 0 Å². The maximum Gasteiger partial charge on any atom is 0.433 e. The lowest BCUT2D eigenvalue weighted by molar-refractivity contribution is -0.141. The highest BCUT2D eigenvalue weighted by atomic mass is 32.2. The number of aromatic nitrogens is 4. The minimum atomic E-state index is -4.69. The van der Waals surface area contributed by atoms with Gasteiger partial charge in [-0.05, 0) is 25.3 Å². The Morgan fingerprint density at radius 3 is 2.54 bits per heavy atom. The zero-order chi connectivity index (χ0) is 19.2. The smallest absolute Gasteiger partial charge is 0.433 e. The van der Waals surface area contributed by atoms with Crippen LogP contribution < -0.4 is 4.72 Å². The summed E-state index contributed by atoms with van der Waals surface area (Å²) in [6.45, 7) is 0. The van der Waals surface area contributed by atoms with E-state index in [1.54, 1.807) is 0 Å². The molecule has 2 heterocycles. The van der Waals surface area contributed by atoms with E-state index in [2.05, 4.69) is 24.9 Å². The SMILES string of the molecule is O=C(O)c1cc(S(=O)(=O)NC2(c3nccc(C(F)(F)F)n3)CCC2)[nH]n1. The van der Waals surface area contributed by atoms with Crippen LogP contribution in [0.2, 0.25) is 0 Å². The lowest BCUT2D eigenvalue weighted by Gasteiger charge is -2.40. The van der Waals surface area contributed by atoms with Crippen LogP contribution in [0.5, 0.6) is 0 Å². The van der Waals surface area contributed by atoms with E-state index in [-0.39, 0.29) is 18.7 Å². The van der Waals surface area contributed by atoms with Gasteiger partial charge in [-0.25, -0.2) is 23.2 Å². The molecule has 1 saturated carbocycles. The molecule has 0 spiro atoms. The fourth-order valence-corrected chi connectivity index (χ4v) is 3.86. The van der Waals surface area contributed by atoms with Gasteiger partial charge in [0.05, 0.1) is 5.54 Å². The maximum absolute atomic E-state index is 12.9. The number of aromatic amines is 1. The number of hydrogen-bond acceptors (Lipinski definition) is 6. The van der Waals surface area contributed by atoms with Crippen molar-refractivity contribution in [3.05, 3.63) is 35.5 Å². The number of alkyl halides is 3. The third kappa shape index (κ3) is 3.26. The number of halogens is 3. The summed E-state index contributed by atoms with van der Waals surface area (Å²) in [6.07, 6.45) is -2.81. The van der Waals surface area contributed by atoms with Crippen LogP contribution in [-0.4, -0.2) is 39.7 Å². The van der Waals surface area contributed by atoms with Gasteiger partial charge in [0.25, 0.3) is 10.0 Å².